The molecule has 5 heteroatoms. The van der Waals surface area contributed by atoms with Crippen molar-refractivity contribution in [1.82, 2.24) is 0 Å². The van der Waals surface area contributed by atoms with Gasteiger partial charge in [0.1, 0.15) is 0 Å². The molecule has 0 aromatic heterocycles. The Morgan fingerprint density at radius 3 is 2.28 bits per heavy atom. The van der Waals surface area contributed by atoms with Gasteiger partial charge in [-0.15, -0.1) is 0 Å². The van der Waals surface area contributed by atoms with E-state index >= 15 is 0 Å². The SMILES string of the molecule is N#Cc1ccc(Sc2cc(Cl)cc(Cl)c2)c(N)c1. The molecule has 90 valence electrons. The second-order valence-electron chi connectivity index (χ2n) is 3.57. The monoisotopic (exact) mass is 294 g/mol. The third kappa shape index (κ3) is 3.11. The van der Waals surface area contributed by atoms with Crippen LogP contribution in [0.2, 0.25) is 10.0 Å². The van der Waals surface area contributed by atoms with Gasteiger partial charge in [-0.05, 0) is 36.4 Å². The molecule has 0 unspecified atom stereocenters. The van der Waals surface area contributed by atoms with Crippen LogP contribution in [0.5, 0.6) is 0 Å². The van der Waals surface area contributed by atoms with Crippen LogP contribution in [0.3, 0.4) is 0 Å². The smallest absolute Gasteiger partial charge is 0.0992 e. The van der Waals surface area contributed by atoms with E-state index in [0.717, 1.165) is 9.79 Å². The number of nitrogen functional groups attached to an aromatic ring is 1. The van der Waals surface area contributed by atoms with Gasteiger partial charge < -0.3 is 5.73 Å². The van der Waals surface area contributed by atoms with Crippen molar-refractivity contribution in [2.75, 3.05) is 5.73 Å². The third-order valence-corrected chi connectivity index (χ3v) is 3.70. The highest BCUT2D eigenvalue weighted by atomic mass is 35.5. The van der Waals surface area contributed by atoms with E-state index in [0.29, 0.717) is 21.3 Å². The highest BCUT2D eigenvalue weighted by Gasteiger charge is 2.05. The molecule has 0 heterocycles. The predicted octanol–water partition coefficient (Wildman–Crippen LogP) is 4.60. The fourth-order valence-corrected chi connectivity index (χ4v) is 3.02. The minimum Gasteiger partial charge on any atom is -0.398 e. The summed E-state index contributed by atoms with van der Waals surface area (Å²) in [4.78, 5) is 1.77. The summed E-state index contributed by atoms with van der Waals surface area (Å²) in [7, 11) is 0. The Kier molecular flexibility index (Phi) is 4.03. The molecule has 2 rings (SSSR count). The summed E-state index contributed by atoms with van der Waals surface area (Å²) in [5, 5.41) is 9.93. The summed E-state index contributed by atoms with van der Waals surface area (Å²) in [6.45, 7) is 0. The molecule has 0 aliphatic rings. The van der Waals surface area contributed by atoms with E-state index in [9.17, 15) is 0 Å². The highest BCUT2D eigenvalue weighted by molar-refractivity contribution is 7.99. The average Bonchev–Trinajstić information content (AvgIpc) is 2.30. The van der Waals surface area contributed by atoms with E-state index in [4.69, 9.17) is 34.2 Å². The molecular formula is C13H8Cl2N2S. The molecule has 2 nitrogen and oxygen atoms in total. The molecule has 0 fully saturated rings. The van der Waals surface area contributed by atoms with Crippen molar-refractivity contribution in [3.63, 3.8) is 0 Å². The third-order valence-electron chi connectivity index (χ3n) is 2.20. The quantitative estimate of drug-likeness (QED) is 0.824. The molecule has 0 bridgehead atoms. The van der Waals surface area contributed by atoms with Gasteiger partial charge in [0.2, 0.25) is 0 Å². The lowest BCUT2D eigenvalue weighted by molar-refractivity contribution is 1.39. The molecule has 0 saturated heterocycles. The Morgan fingerprint density at radius 1 is 1.06 bits per heavy atom. The van der Waals surface area contributed by atoms with E-state index in [1.807, 2.05) is 24.3 Å². The molecule has 2 N–H and O–H groups in total. The summed E-state index contributed by atoms with van der Waals surface area (Å²) < 4.78 is 0. The Labute approximate surface area is 119 Å². The van der Waals surface area contributed by atoms with Gasteiger partial charge in [-0.1, -0.05) is 35.0 Å². The zero-order chi connectivity index (χ0) is 13.1. The molecule has 0 spiro atoms. The van der Waals surface area contributed by atoms with Gasteiger partial charge in [0.05, 0.1) is 11.6 Å². The number of hydrogen-bond donors (Lipinski definition) is 1. The van der Waals surface area contributed by atoms with E-state index in [2.05, 4.69) is 0 Å². The molecule has 18 heavy (non-hydrogen) atoms. The van der Waals surface area contributed by atoms with Crippen molar-refractivity contribution in [1.29, 1.82) is 5.26 Å². The second kappa shape index (κ2) is 5.53. The second-order valence-corrected chi connectivity index (χ2v) is 5.56. The van der Waals surface area contributed by atoms with Gasteiger partial charge in [0.15, 0.2) is 0 Å². The first kappa shape index (κ1) is 13.1. The number of nitrogens with zero attached hydrogens (tertiary/aromatic N) is 1. The van der Waals surface area contributed by atoms with Crippen molar-refractivity contribution >= 4 is 40.7 Å². The van der Waals surface area contributed by atoms with E-state index in [1.165, 1.54) is 11.8 Å². The molecule has 0 aliphatic carbocycles. The molecule has 0 saturated carbocycles. The number of anilines is 1. The maximum Gasteiger partial charge on any atom is 0.0992 e. The van der Waals surface area contributed by atoms with Gasteiger partial charge in [0, 0.05) is 25.5 Å². The molecule has 0 aliphatic heterocycles. The van der Waals surface area contributed by atoms with Crippen LogP contribution < -0.4 is 5.73 Å². The van der Waals surface area contributed by atoms with Crippen LogP contribution >= 0.6 is 35.0 Å². The lowest BCUT2D eigenvalue weighted by Gasteiger charge is -2.06. The van der Waals surface area contributed by atoms with Crippen molar-refractivity contribution in [3.05, 3.63) is 52.0 Å². The Balaban J connectivity index is 2.31. The van der Waals surface area contributed by atoms with Crippen LogP contribution in [0.25, 0.3) is 0 Å². The lowest BCUT2D eigenvalue weighted by Crippen LogP contribution is -1.89. The first-order valence-corrected chi connectivity index (χ1v) is 6.59. The summed E-state index contributed by atoms with van der Waals surface area (Å²) >= 11 is 13.3. The van der Waals surface area contributed by atoms with E-state index in [-0.39, 0.29) is 0 Å². The number of rotatable bonds is 2. The van der Waals surface area contributed by atoms with Crippen LogP contribution in [-0.2, 0) is 0 Å². The van der Waals surface area contributed by atoms with Crippen LogP contribution in [-0.4, -0.2) is 0 Å². The van der Waals surface area contributed by atoms with Gasteiger partial charge in [0.25, 0.3) is 0 Å². The summed E-state index contributed by atoms with van der Waals surface area (Å²) in [6.07, 6.45) is 0. The van der Waals surface area contributed by atoms with Crippen LogP contribution in [0.1, 0.15) is 5.56 Å². The van der Waals surface area contributed by atoms with Gasteiger partial charge >= 0.3 is 0 Å². The molecular weight excluding hydrogens is 287 g/mol. The Hall–Kier alpha value is -1.34. The standard InChI is InChI=1S/C13H8Cl2N2S/c14-9-4-10(15)6-11(5-9)18-13-2-1-8(7-16)3-12(13)17/h1-6H,17H2. The zero-order valence-corrected chi connectivity index (χ0v) is 11.5. The highest BCUT2D eigenvalue weighted by Crippen LogP contribution is 2.35. The normalized spacial score (nSPS) is 10.1. The summed E-state index contributed by atoms with van der Waals surface area (Å²) in [6, 6.07) is 12.5. The van der Waals surface area contributed by atoms with Crippen LogP contribution in [0, 0.1) is 11.3 Å². The number of nitrogens with two attached hydrogens (primary N) is 1. The van der Waals surface area contributed by atoms with Crippen LogP contribution in [0.4, 0.5) is 5.69 Å². The molecule has 2 aromatic carbocycles. The van der Waals surface area contributed by atoms with Crippen LogP contribution in [0.15, 0.2) is 46.2 Å². The lowest BCUT2D eigenvalue weighted by atomic mass is 10.2. The van der Waals surface area contributed by atoms with Crippen molar-refractivity contribution in [2.24, 2.45) is 0 Å². The maximum absolute atomic E-state index is 8.77. The van der Waals surface area contributed by atoms with Gasteiger partial charge in [-0.3, -0.25) is 0 Å². The van der Waals surface area contributed by atoms with Gasteiger partial charge in [-0.2, -0.15) is 5.26 Å². The molecule has 2 aromatic rings. The molecule has 0 amide bonds. The van der Waals surface area contributed by atoms with E-state index < -0.39 is 0 Å². The van der Waals surface area contributed by atoms with Crippen molar-refractivity contribution in [2.45, 2.75) is 9.79 Å². The predicted molar refractivity (Wildman–Crippen MR) is 76.2 cm³/mol. The summed E-state index contributed by atoms with van der Waals surface area (Å²) in [5.41, 5.74) is 6.99. The minimum absolute atomic E-state index is 0.543. The Bertz CT molecular complexity index is 615. The van der Waals surface area contributed by atoms with E-state index in [1.54, 1.807) is 18.2 Å². The first-order chi connectivity index (χ1) is 8.58. The number of benzene rings is 2. The number of halogens is 2. The fraction of sp³-hybridized carbons (Fsp3) is 0. The first-order valence-electron chi connectivity index (χ1n) is 5.02. The van der Waals surface area contributed by atoms with Crippen molar-refractivity contribution < 1.29 is 0 Å². The largest absolute Gasteiger partial charge is 0.398 e. The summed E-state index contributed by atoms with van der Waals surface area (Å²) in [5.74, 6) is 0. The number of hydrogen-bond acceptors (Lipinski definition) is 3. The van der Waals surface area contributed by atoms with Crippen molar-refractivity contribution in [3.8, 4) is 6.07 Å². The molecule has 0 radical (unpaired) electrons. The zero-order valence-electron chi connectivity index (χ0n) is 9.15. The fourth-order valence-electron chi connectivity index (χ4n) is 1.43. The Morgan fingerprint density at radius 2 is 1.72 bits per heavy atom. The average molecular weight is 295 g/mol. The van der Waals surface area contributed by atoms with Gasteiger partial charge in [-0.25, -0.2) is 0 Å². The molecule has 0 atom stereocenters. The topological polar surface area (TPSA) is 49.8 Å². The maximum atomic E-state index is 8.77. The minimum atomic E-state index is 0.543. The number of nitriles is 1.